The average Bonchev–Trinajstić information content (AvgIpc) is 2.89. The van der Waals surface area contributed by atoms with Crippen molar-refractivity contribution < 1.29 is 14.6 Å². The van der Waals surface area contributed by atoms with Crippen molar-refractivity contribution in [3.8, 4) is 0 Å². The quantitative estimate of drug-likeness (QED) is 0.884. The number of piperidine rings is 1. The van der Waals surface area contributed by atoms with Gasteiger partial charge in [0.25, 0.3) is 0 Å². The molecule has 1 fully saturated rings. The Morgan fingerprint density at radius 2 is 2.00 bits per heavy atom. The van der Waals surface area contributed by atoms with E-state index in [-0.39, 0.29) is 18.6 Å². The van der Waals surface area contributed by atoms with Gasteiger partial charge in [-0.05, 0) is 25.3 Å². The zero-order chi connectivity index (χ0) is 16.6. The normalized spacial score (nSPS) is 24.0. The molecule has 2 N–H and O–H groups in total. The fraction of sp³-hybridized carbons (Fsp3) is 0.647. The van der Waals surface area contributed by atoms with E-state index < -0.39 is 0 Å². The number of hydrogen-bond acceptors (Lipinski definition) is 5. The first kappa shape index (κ1) is 16.5. The van der Waals surface area contributed by atoms with Gasteiger partial charge in [-0.15, -0.1) is 0 Å². The SMILES string of the molecule is COC1NC=C(C)c2c1c(C(OC)N1CCC(O)CC1)cn2C. The Morgan fingerprint density at radius 3 is 2.61 bits per heavy atom. The maximum absolute atomic E-state index is 9.75. The Bertz CT molecular complexity index is 588. The van der Waals surface area contributed by atoms with E-state index in [9.17, 15) is 5.11 Å². The van der Waals surface area contributed by atoms with E-state index in [1.807, 2.05) is 6.20 Å². The number of aromatic nitrogens is 1. The fourth-order valence-electron chi connectivity index (χ4n) is 3.76. The van der Waals surface area contributed by atoms with Crippen molar-refractivity contribution in [1.82, 2.24) is 14.8 Å². The summed E-state index contributed by atoms with van der Waals surface area (Å²) < 4.78 is 13.6. The third kappa shape index (κ3) is 2.92. The van der Waals surface area contributed by atoms with Gasteiger partial charge in [0.1, 0.15) is 6.23 Å². The molecular formula is C17H27N3O3. The van der Waals surface area contributed by atoms with E-state index in [1.54, 1.807) is 14.2 Å². The number of aryl methyl sites for hydroxylation is 1. The molecule has 1 aromatic rings. The van der Waals surface area contributed by atoms with Gasteiger partial charge in [-0.25, -0.2) is 0 Å². The molecule has 0 saturated carbocycles. The molecule has 128 valence electrons. The van der Waals surface area contributed by atoms with Crippen molar-refractivity contribution in [2.24, 2.45) is 7.05 Å². The number of ether oxygens (including phenoxy) is 2. The second kappa shape index (κ2) is 6.65. The Kier molecular flexibility index (Phi) is 4.77. The molecule has 6 nitrogen and oxygen atoms in total. The summed E-state index contributed by atoms with van der Waals surface area (Å²) in [7, 11) is 5.52. The van der Waals surface area contributed by atoms with Crippen LogP contribution in [0.4, 0.5) is 0 Å². The third-order valence-electron chi connectivity index (χ3n) is 4.89. The first-order valence-corrected chi connectivity index (χ1v) is 8.16. The maximum Gasteiger partial charge on any atom is 0.155 e. The minimum atomic E-state index is -0.188. The lowest BCUT2D eigenvalue weighted by molar-refractivity contribution is -0.0626. The second-order valence-electron chi connectivity index (χ2n) is 6.42. The minimum Gasteiger partial charge on any atom is -0.393 e. The van der Waals surface area contributed by atoms with Crippen LogP contribution in [-0.2, 0) is 16.5 Å². The van der Waals surface area contributed by atoms with Crippen LogP contribution in [0.5, 0.6) is 0 Å². The molecule has 0 bridgehead atoms. The van der Waals surface area contributed by atoms with Crippen molar-refractivity contribution >= 4 is 5.57 Å². The van der Waals surface area contributed by atoms with Gasteiger partial charge in [-0.3, -0.25) is 4.90 Å². The predicted molar refractivity (Wildman–Crippen MR) is 88.5 cm³/mol. The number of methoxy groups -OCH3 is 2. The molecule has 23 heavy (non-hydrogen) atoms. The molecule has 6 heteroatoms. The van der Waals surface area contributed by atoms with Crippen molar-refractivity contribution in [2.75, 3.05) is 27.3 Å². The third-order valence-corrected chi connectivity index (χ3v) is 4.89. The number of hydrogen-bond donors (Lipinski definition) is 2. The molecule has 2 aliphatic rings. The summed E-state index contributed by atoms with van der Waals surface area (Å²) in [6, 6.07) is 0. The summed E-state index contributed by atoms with van der Waals surface area (Å²) in [6.07, 6.45) is 5.24. The highest BCUT2D eigenvalue weighted by molar-refractivity contribution is 5.68. The number of rotatable bonds is 4. The largest absolute Gasteiger partial charge is 0.393 e. The first-order chi connectivity index (χ1) is 11.1. The maximum atomic E-state index is 9.75. The van der Waals surface area contributed by atoms with Crippen LogP contribution in [-0.4, -0.2) is 48.0 Å². The zero-order valence-corrected chi connectivity index (χ0v) is 14.4. The van der Waals surface area contributed by atoms with Crippen molar-refractivity contribution in [1.29, 1.82) is 0 Å². The molecular weight excluding hydrogens is 294 g/mol. The smallest absolute Gasteiger partial charge is 0.155 e. The number of aliphatic hydroxyl groups excluding tert-OH is 1. The summed E-state index contributed by atoms with van der Waals surface area (Å²) in [6.45, 7) is 3.77. The summed E-state index contributed by atoms with van der Waals surface area (Å²) in [5.41, 5.74) is 4.65. The molecule has 1 saturated heterocycles. The highest BCUT2D eigenvalue weighted by Gasteiger charge is 2.33. The Morgan fingerprint density at radius 1 is 1.30 bits per heavy atom. The average molecular weight is 321 g/mol. The van der Waals surface area contributed by atoms with Gasteiger partial charge in [0.05, 0.1) is 11.8 Å². The molecule has 0 spiro atoms. The lowest BCUT2D eigenvalue weighted by Crippen LogP contribution is -2.39. The van der Waals surface area contributed by atoms with Gasteiger partial charge in [0.15, 0.2) is 6.23 Å². The van der Waals surface area contributed by atoms with Crippen LogP contribution in [0, 0.1) is 0 Å². The Hall–Kier alpha value is -1.34. The Labute approximate surface area is 137 Å². The van der Waals surface area contributed by atoms with Gasteiger partial charge in [-0.2, -0.15) is 0 Å². The summed E-state index contributed by atoms with van der Waals surface area (Å²) in [4.78, 5) is 2.29. The number of nitrogens with one attached hydrogen (secondary N) is 1. The standard InChI is InChI=1S/C17H27N3O3/c1-11-9-18-16(22-3)14-13(10-19(2)15(11)14)17(23-4)20-7-5-12(21)6-8-20/h9-10,12,16-18,21H,5-8H2,1-4H3. The van der Waals surface area contributed by atoms with Crippen molar-refractivity contribution in [3.63, 3.8) is 0 Å². The molecule has 0 aliphatic carbocycles. The number of aliphatic hydroxyl groups is 1. The minimum absolute atomic E-state index is 0.122. The lowest BCUT2D eigenvalue weighted by Gasteiger charge is -2.36. The second-order valence-corrected chi connectivity index (χ2v) is 6.42. The van der Waals surface area contributed by atoms with Crippen LogP contribution in [0.2, 0.25) is 0 Å². The summed E-state index contributed by atoms with van der Waals surface area (Å²) in [5.74, 6) is 0. The molecule has 0 radical (unpaired) electrons. The monoisotopic (exact) mass is 321 g/mol. The van der Waals surface area contributed by atoms with Crippen LogP contribution in [0.15, 0.2) is 12.4 Å². The highest BCUT2D eigenvalue weighted by Crippen LogP contribution is 2.38. The van der Waals surface area contributed by atoms with Crippen LogP contribution in [0.25, 0.3) is 5.57 Å². The predicted octanol–water partition coefficient (Wildman–Crippen LogP) is 1.74. The number of likely N-dealkylation sites (tertiary alicyclic amines) is 1. The van der Waals surface area contributed by atoms with E-state index in [2.05, 4.69) is 35.0 Å². The molecule has 2 unspecified atom stereocenters. The molecule has 3 heterocycles. The zero-order valence-electron chi connectivity index (χ0n) is 14.4. The Balaban J connectivity index is 1.98. The van der Waals surface area contributed by atoms with E-state index >= 15 is 0 Å². The molecule has 2 aliphatic heterocycles. The van der Waals surface area contributed by atoms with Gasteiger partial charge < -0.3 is 24.5 Å². The van der Waals surface area contributed by atoms with Gasteiger partial charge >= 0.3 is 0 Å². The van der Waals surface area contributed by atoms with E-state index in [1.165, 1.54) is 11.3 Å². The first-order valence-electron chi connectivity index (χ1n) is 8.16. The van der Waals surface area contributed by atoms with E-state index in [0.717, 1.165) is 37.1 Å². The van der Waals surface area contributed by atoms with E-state index in [0.29, 0.717) is 0 Å². The van der Waals surface area contributed by atoms with Crippen LogP contribution in [0.3, 0.4) is 0 Å². The van der Waals surface area contributed by atoms with Gasteiger partial charge in [0, 0.05) is 57.9 Å². The van der Waals surface area contributed by atoms with Crippen LogP contribution >= 0.6 is 0 Å². The summed E-state index contributed by atoms with van der Waals surface area (Å²) in [5, 5.41) is 13.1. The summed E-state index contributed by atoms with van der Waals surface area (Å²) >= 11 is 0. The molecule has 2 atom stereocenters. The molecule has 1 aromatic heterocycles. The number of allylic oxidation sites excluding steroid dienone is 1. The van der Waals surface area contributed by atoms with Crippen molar-refractivity contribution in [2.45, 2.75) is 38.3 Å². The number of nitrogens with zero attached hydrogens (tertiary/aromatic N) is 2. The lowest BCUT2D eigenvalue weighted by atomic mass is 9.99. The van der Waals surface area contributed by atoms with Gasteiger partial charge in [0.2, 0.25) is 0 Å². The fourth-order valence-corrected chi connectivity index (χ4v) is 3.76. The highest BCUT2D eigenvalue weighted by atomic mass is 16.5. The van der Waals surface area contributed by atoms with E-state index in [4.69, 9.17) is 9.47 Å². The topological polar surface area (TPSA) is 58.9 Å². The molecule has 3 rings (SSSR count). The molecule has 0 aromatic carbocycles. The van der Waals surface area contributed by atoms with Gasteiger partial charge in [-0.1, -0.05) is 0 Å². The van der Waals surface area contributed by atoms with Crippen LogP contribution < -0.4 is 5.32 Å². The number of fused-ring (bicyclic) bond motifs is 1. The molecule has 0 amide bonds. The van der Waals surface area contributed by atoms with Crippen LogP contribution in [0.1, 0.15) is 49.0 Å². The van der Waals surface area contributed by atoms with Crippen molar-refractivity contribution in [3.05, 3.63) is 29.2 Å².